The second-order valence-corrected chi connectivity index (χ2v) is 8.39. The molecule has 0 aromatic heterocycles. The molecule has 0 spiro atoms. The Hall–Kier alpha value is -1.56. The van der Waals surface area contributed by atoms with Crippen molar-refractivity contribution in [1.29, 1.82) is 0 Å². The largest absolute Gasteiger partial charge is 0.371 e. The Balaban J connectivity index is 2.39. The van der Waals surface area contributed by atoms with Crippen molar-refractivity contribution in [1.82, 2.24) is 0 Å². The molecule has 122 valence electrons. The van der Waals surface area contributed by atoms with E-state index in [0.717, 1.165) is 31.5 Å². The van der Waals surface area contributed by atoms with E-state index in [4.69, 9.17) is 5.73 Å². The highest BCUT2D eigenvalue weighted by molar-refractivity contribution is 7.90. The number of primary amides is 1. The molecule has 2 N–H and O–H groups in total. The first-order valence-electron chi connectivity index (χ1n) is 7.59. The summed E-state index contributed by atoms with van der Waals surface area (Å²) in [7, 11) is -3.50. The molecule has 2 rings (SSSR count). The second kappa shape index (κ2) is 6.28. The van der Waals surface area contributed by atoms with E-state index in [1.165, 1.54) is 12.5 Å². The Bertz CT molecular complexity index is 668. The quantitative estimate of drug-likeness (QED) is 0.919. The van der Waals surface area contributed by atoms with Gasteiger partial charge in [0, 0.05) is 25.0 Å². The Morgan fingerprint density at radius 3 is 2.59 bits per heavy atom. The number of rotatable bonds is 4. The van der Waals surface area contributed by atoms with Gasteiger partial charge in [-0.1, -0.05) is 13.8 Å². The molecule has 6 heteroatoms. The van der Waals surface area contributed by atoms with E-state index in [2.05, 4.69) is 18.7 Å². The fourth-order valence-electron chi connectivity index (χ4n) is 3.01. The van der Waals surface area contributed by atoms with Crippen LogP contribution in [0.25, 0.3) is 0 Å². The number of carbonyl (C=O) groups is 1. The van der Waals surface area contributed by atoms with E-state index in [9.17, 15) is 13.2 Å². The molecule has 1 fully saturated rings. The average Bonchev–Trinajstić information content (AvgIpc) is 2.45. The van der Waals surface area contributed by atoms with Crippen LogP contribution in [0.4, 0.5) is 5.69 Å². The van der Waals surface area contributed by atoms with Crippen molar-refractivity contribution in [3.63, 3.8) is 0 Å². The predicted octanol–water partition coefficient (Wildman–Crippen LogP) is 2.06. The molecule has 0 saturated carbocycles. The number of hydrogen-bond acceptors (Lipinski definition) is 4. The van der Waals surface area contributed by atoms with Crippen LogP contribution in [0.1, 0.15) is 37.0 Å². The summed E-state index contributed by atoms with van der Waals surface area (Å²) in [6.45, 7) is 6.25. The lowest BCUT2D eigenvalue weighted by molar-refractivity contribution is 0.0997. The normalized spacial score (nSPS) is 19.5. The number of amides is 1. The van der Waals surface area contributed by atoms with Crippen LogP contribution in [0.5, 0.6) is 0 Å². The molecule has 0 radical (unpaired) electrons. The van der Waals surface area contributed by atoms with Gasteiger partial charge >= 0.3 is 0 Å². The first kappa shape index (κ1) is 16.8. The second-order valence-electron chi connectivity index (χ2n) is 6.41. The zero-order valence-corrected chi connectivity index (χ0v) is 14.2. The van der Waals surface area contributed by atoms with Crippen LogP contribution in [0.2, 0.25) is 0 Å². The fraction of sp³-hybridized carbons (Fsp3) is 0.562. The molecule has 1 saturated heterocycles. The number of nitrogens with zero attached hydrogens (tertiary/aromatic N) is 1. The molecule has 5 nitrogen and oxygen atoms in total. The van der Waals surface area contributed by atoms with Gasteiger partial charge in [-0.2, -0.15) is 0 Å². The molecular weight excluding hydrogens is 300 g/mol. The zero-order chi connectivity index (χ0) is 16.5. The summed E-state index contributed by atoms with van der Waals surface area (Å²) in [5, 5.41) is 0. The van der Waals surface area contributed by atoms with E-state index >= 15 is 0 Å². The number of anilines is 1. The van der Waals surface area contributed by atoms with Crippen molar-refractivity contribution in [2.45, 2.75) is 31.6 Å². The average molecular weight is 324 g/mol. The number of benzene rings is 1. The van der Waals surface area contributed by atoms with Crippen LogP contribution in [0.3, 0.4) is 0 Å². The van der Waals surface area contributed by atoms with Crippen molar-refractivity contribution >= 4 is 21.4 Å². The summed E-state index contributed by atoms with van der Waals surface area (Å²) in [6.07, 6.45) is 3.40. The van der Waals surface area contributed by atoms with E-state index < -0.39 is 15.7 Å². The smallest absolute Gasteiger partial charge is 0.250 e. The molecule has 1 heterocycles. The Morgan fingerprint density at radius 1 is 1.36 bits per heavy atom. The van der Waals surface area contributed by atoms with Gasteiger partial charge in [-0.3, -0.25) is 4.79 Å². The van der Waals surface area contributed by atoms with Crippen LogP contribution in [0.15, 0.2) is 23.1 Å². The maximum atomic E-state index is 11.9. The maximum absolute atomic E-state index is 11.9. The third-order valence-corrected chi connectivity index (χ3v) is 5.53. The first-order valence-corrected chi connectivity index (χ1v) is 9.48. The SMILES string of the molecule is CC(C)[C@H]1CCCN(c2ccc(C(N)=O)c(S(C)(=O)=O)c2)C1. The summed E-state index contributed by atoms with van der Waals surface area (Å²) >= 11 is 0. The van der Waals surface area contributed by atoms with Crippen molar-refractivity contribution in [2.24, 2.45) is 17.6 Å². The van der Waals surface area contributed by atoms with Gasteiger partial charge in [0.25, 0.3) is 0 Å². The van der Waals surface area contributed by atoms with Crippen molar-refractivity contribution in [2.75, 3.05) is 24.2 Å². The van der Waals surface area contributed by atoms with Gasteiger partial charge in [0.05, 0.1) is 10.5 Å². The maximum Gasteiger partial charge on any atom is 0.250 e. The van der Waals surface area contributed by atoms with E-state index in [1.54, 1.807) is 12.1 Å². The van der Waals surface area contributed by atoms with Gasteiger partial charge in [-0.25, -0.2) is 8.42 Å². The minimum absolute atomic E-state index is 0.0178. The van der Waals surface area contributed by atoms with Gasteiger partial charge in [-0.05, 0) is 42.9 Å². The number of piperidine rings is 1. The summed E-state index contributed by atoms with van der Waals surface area (Å²) in [4.78, 5) is 13.7. The third kappa shape index (κ3) is 3.61. The summed E-state index contributed by atoms with van der Waals surface area (Å²) in [6, 6.07) is 4.89. The van der Waals surface area contributed by atoms with Crippen molar-refractivity contribution in [3.8, 4) is 0 Å². The lowest BCUT2D eigenvalue weighted by Crippen LogP contribution is -2.37. The van der Waals surface area contributed by atoms with Gasteiger partial charge in [0.2, 0.25) is 5.91 Å². The van der Waals surface area contributed by atoms with Crippen molar-refractivity contribution < 1.29 is 13.2 Å². The highest BCUT2D eigenvalue weighted by Crippen LogP contribution is 2.30. The van der Waals surface area contributed by atoms with Crippen LogP contribution in [0, 0.1) is 11.8 Å². The molecule has 1 atom stereocenters. The minimum atomic E-state index is -3.50. The number of sulfone groups is 1. The molecule has 0 bridgehead atoms. The predicted molar refractivity (Wildman–Crippen MR) is 87.8 cm³/mol. The molecule has 1 aliphatic rings. The highest BCUT2D eigenvalue weighted by atomic mass is 32.2. The molecule has 0 aliphatic carbocycles. The topological polar surface area (TPSA) is 80.5 Å². The molecule has 1 amide bonds. The number of hydrogen-bond donors (Lipinski definition) is 1. The van der Waals surface area contributed by atoms with Crippen molar-refractivity contribution in [3.05, 3.63) is 23.8 Å². The highest BCUT2D eigenvalue weighted by Gasteiger charge is 2.24. The Kier molecular flexibility index (Phi) is 4.80. The molecular formula is C16H24N2O3S. The Morgan fingerprint density at radius 2 is 2.05 bits per heavy atom. The van der Waals surface area contributed by atoms with Gasteiger partial charge in [-0.15, -0.1) is 0 Å². The van der Waals surface area contributed by atoms with E-state index in [1.807, 2.05) is 0 Å². The summed E-state index contributed by atoms with van der Waals surface area (Å²) in [5.74, 6) is 0.485. The monoisotopic (exact) mass is 324 g/mol. The molecule has 22 heavy (non-hydrogen) atoms. The van der Waals surface area contributed by atoms with Gasteiger partial charge in [0.15, 0.2) is 9.84 Å². The first-order chi connectivity index (χ1) is 10.2. The standard InChI is InChI=1S/C16H24N2O3S/c1-11(2)12-5-4-8-18(10-12)13-6-7-14(16(17)19)15(9-13)22(3,20)21/h6-7,9,11-12H,4-5,8,10H2,1-3H3,(H2,17,19)/t12-/m0/s1. The van der Waals surface area contributed by atoms with E-state index in [-0.39, 0.29) is 10.5 Å². The van der Waals surface area contributed by atoms with Crippen LogP contribution >= 0.6 is 0 Å². The van der Waals surface area contributed by atoms with Crippen LogP contribution < -0.4 is 10.6 Å². The fourth-order valence-corrected chi connectivity index (χ4v) is 3.91. The lowest BCUT2D eigenvalue weighted by atomic mass is 9.87. The number of nitrogens with two attached hydrogens (primary N) is 1. The van der Waals surface area contributed by atoms with Crippen LogP contribution in [-0.2, 0) is 9.84 Å². The molecule has 0 unspecified atom stereocenters. The Labute approximate surface area is 132 Å². The molecule has 1 aromatic rings. The number of carbonyl (C=O) groups excluding carboxylic acids is 1. The molecule has 1 aromatic carbocycles. The lowest BCUT2D eigenvalue weighted by Gasteiger charge is -2.36. The summed E-state index contributed by atoms with van der Waals surface area (Å²) in [5.41, 5.74) is 6.19. The van der Waals surface area contributed by atoms with Gasteiger partial charge in [0.1, 0.15) is 0 Å². The van der Waals surface area contributed by atoms with Gasteiger partial charge < -0.3 is 10.6 Å². The van der Waals surface area contributed by atoms with Crippen LogP contribution in [-0.4, -0.2) is 33.7 Å². The molecule has 1 aliphatic heterocycles. The summed E-state index contributed by atoms with van der Waals surface area (Å²) < 4.78 is 23.9. The third-order valence-electron chi connectivity index (χ3n) is 4.40. The zero-order valence-electron chi connectivity index (χ0n) is 13.4. The van der Waals surface area contributed by atoms with E-state index in [0.29, 0.717) is 11.8 Å². The minimum Gasteiger partial charge on any atom is -0.371 e.